The molecule has 0 saturated heterocycles. The molecule has 0 unspecified atom stereocenters. The van der Waals surface area contributed by atoms with E-state index < -0.39 is 0 Å². The molecule has 0 aliphatic carbocycles. The van der Waals surface area contributed by atoms with Crippen LogP contribution in [0.2, 0.25) is 0 Å². The van der Waals surface area contributed by atoms with Gasteiger partial charge in [-0.3, -0.25) is 4.98 Å². The molecule has 20 heavy (non-hydrogen) atoms. The molecule has 0 aliphatic heterocycles. The number of nitrogens with two attached hydrogens (primary N) is 1. The average Bonchev–Trinajstić information content (AvgIpc) is 2.46. The van der Waals surface area contributed by atoms with Crippen molar-refractivity contribution in [3.63, 3.8) is 0 Å². The van der Waals surface area contributed by atoms with Crippen molar-refractivity contribution in [1.82, 2.24) is 4.98 Å². The zero-order valence-electron chi connectivity index (χ0n) is 11.3. The Bertz CT molecular complexity index is 733. The summed E-state index contributed by atoms with van der Waals surface area (Å²) in [5.74, 6) is 0.763. The van der Waals surface area contributed by atoms with E-state index in [2.05, 4.69) is 11.1 Å². The Hall–Kier alpha value is -2.55. The fourth-order valence-electron chi connectivity index (χ4n) is 2.24. The summed E-state index contributed by atoms with van der Waals surface area (Å²) in [6, 6.07) is 15.9. The normalized spacial score (nSPS) is 10.7. The number of para-hydroxylation sites is 1. The van der Waals surface area contributed by atoms with E-state index in [9.17, 15) is 0 Å². The van der Waals surface area contributed by atoms with Crippen LogP contribution in [0.5, 0.6) is 5.75 Å². The molecule has 0 aliphatic rings. The van der Waals surface area contributed by atoms with Gasteiger partial charge in [0.1, 0.15) is 12.4 Å². The number of ether oxygens (including phenoxy) is 1. The lowest BCUT2D eigenvalue weighted by atomic mass is 10.1. The second-order valence-corrected chi connectivity index (χ2v) is 4.81. The maximum Gasteiger partial charge on any atom is 0.145 e. The summed E-state index contributed by atoms with van der Waals surface area (Å²) in [6.07, 6.45) is 1.80. The number of anilines is 1. The molecule has 0 radical (unpaired) electrons. The van der Waals surface area contributed by atoms with Gasteiger partial charge in [-0.1, -0.05) is 24.3 Å². The van der Waals surface area contributed by atoms with E-state index in [0.717, 1.165) is 27.8 Å². The Morgan fingerprint density at radius 3 is 2.85 bits per heavy atom. The second-order valence-electron chi connectivity index (χ2n) is 4.81. The number of hydrogen-bond acceptors (Lipinski definition) is 3. The number of aryl methyl sites for hydroxylation is 1. The number of rotatable bonds is 3. The number of nitrogen functional groups attached to an aromatic ring is 1. The summed E-state index contributed by atoms with van der Waals surface area (Å²) in [4.78, 5) is 4.31. The minimum Gasteiger partial charge on any atom is -0.486 e. The van der Waals surface area contributed by atoms with Crippen LogP contribution < -0.4 is 10.5 Å². The summed E-state index contributed by atoms with van der Waals surface area (Å²) in [5, 5.41) is 1.12. The highest BCUT2D eigenvalue weighted by atomic mass is 16.5. The van der Waals surface area contributed by atoms with Gasteiger partial charge >= 0.3 is 0 Å². The van der Waals surface area contributed by atoms with Crippen LogP contribution >= 0.6 is 0 Å². The predicted octanol–water partition coefficient (Wildman–Crippen LogP) is 3.70. The van der Waals surface area contributed by atoms with Gasteiger partial charge in [0.25, 0.3) is 0 Å². The summed E-state index contributed by atoms with van der Waals surface area (Å²) >= 11 is 0. The molecule has 0 amide bonds. The molecular weight excluding hydrogens is 248 g/mol. The van der Waals surface area contributed by atoms with Crippen molar-refractivity contribution in [2.24, 2.45) is 0 Å². The van der Waals surface area contributed by atoms with Crippen LogP contribution in [0.3, 0.4) is 0 Å². The second kappa shape index (κ2) is 5.21. The largest absolute Gasteiger partial charge is 0.486 e. The molecule has 3 rings (SSSR count). The highest BCUT2D eigenvalue weighted by Gasteiger charge is 2.04. The third kappa shape index (κ3) is 2.43. The fraction of sp³-hybridized carbons (Fsp3) is 0.118. The van der Waals surface area contributed by atoms with E-state index in [1.165, 1.54) is 0 Å². The smallest absolute Gasteiger partial charge is 0.145 e. The zero-order chi connectivity index (χ0) is 13.9. The maximum atomic E-state index is 5.94. The van der Waals surface area contributed by atoms with E-state index in [1.807, 2.05) is 49.4 Å². The lowest BCUT2D eigenvalue weighted by molar-refractivity contribution is 0.306. The van der Waals surface area contributed by atoms with Gasteiger partial charge in [-0.15, -0.1) is 0 Å². The molecule has 3 aromatic rings. The Labute approximate surface area is 118 Å². The number of nitrogens with zero attached hydrogens (tertiary/aromatic N) is 1. The Kier molecular flexibility index (Phi) is 3.25. The summed E-state index contributed by atoms with van der Waals surface area (Å²) in [7, 11) is 0. The van der Waals surface area contributed by atoms with Crippen LogP contribution in [0.1, 0.15) is 11.1 Å². The number of aromatic nitrogens is 1. The SMILES string of the molecule is Cc1cccc(N)c1OCc1ccc2ncccc2c1. The van der Waals surface area contributed by atoms with Gasteiger partial charge < -0.3 is 10.5 Å². The molecule has 2 aromatic carbocycles. The molecule has 3 nitrogen and oxygen atoms in total. The molecule has 3 heteroatoms. The van der Waals surface area contributed by atoms with Crippen LogP contribution in [0, 0.1) is 6.92 Å². The first-order chi connectivity index (χ1) is 9.74. The molecule has 1 heterocycles. The van der Waals surface area contributed by atoms with Gasteiger partial charge in [0.15, 0.2) is 0 Å². The Morgan fingerprint density at radius 2 is 2.00 bits per heavy atom. The molecule has 0 atom stereocenters. The monoisotopic (exact) mass is 264 g/mol. The van der Waals surface area contributed by atoms with Crippen molar-refractivity contribution in [3.8, 4) is 5.75 Å². The summed E-state index contributed by atoms with van der Waals surface area (Å²) in [6.45, 7) is 2.50. The van der Waals surface area contributed by atoms with Crippen LogP contribution in [-0.2, 0) is 6.61 Å². The number of pyridine rings is 1. The van der Waals surface area contributed by atoms with E-state index >= 15 is 0 Å². The third-order valence-electron chi connectivity index (χ3n) is 3.29. The van der Waals surface area contributed by atoms with Crippen molar-refractivity contribution >= 4 is 16.6 Å². The molecule has 0 bridgehead atoms. The third-order valence-corrected chi connectivity index (χ3v) is 3.29. The Balaban J connectivity index is 1.83. The highest BCUT2D eigenvalue weighted by Crippen LogP contribution is 2.26. The molecule has 0 spiro atoms. The lowest BCUT2D eigenvalue weighted by Gasteiger charge is -2.11. The standard InChI is InChI=1S/C17H16N2O/c1-12-4-2-6-15(18)17(12)20-11-13-7-8-16-14(10-13)5-3-9-19-16/h2-10H,11,18H2,1H3. The van der Waals surface area contributed by atoms with Gasteiger partial charge in [-0.05, 0) is 42.3 Å². The van der Waals surface area contributed by atoms with Crippen LogP contribution in [0.4, 0.5) is 5.69 Å². The topological polar surface area (TPSA) is 48.1 Å². The fourth-order valence-corrected chi connectivity index (χ4v) is 2.24. The quantitative estimate of drug-likeness (QED) is 0.734. The van der Waals surface area contributed by atoms with Gasteiger partial charge in [0.05, 0.1) is 11.2 Å². The molecule has 1 aromatic heterocycles. The first kappa shape index (κ1) is 12.5. The first-order valence-electron chi connectivity index (χ1n) is 6.55. The maximum absolute atomic E-state index is 5.94. The van der Waals surface area contributed by atoms with Crippen LogP contribution in [0.25, 0.3) is 10.9 Å². The lowest BCUT2D eigenvalue weighted by Crippen LogP contribution is -2.00. The molecular formula is C17H16N2O. The Morgan fingerprint density at radius 1 is 1.10 bits per heavy atom. The van der Waals surface area contributed by atoms with Gasteiger partial charge in [-0.25, -0.2) is 0 Å². The van der Waals surface area contributed by atoms with Gasteiger partial charge in [0, 0.05) is 11.6 Å². The number of hydrogen-bond donors (Lipinski definition) is 1. The zero-order valence-corrected chi connectivity index (χ0v) is 11.3. The average molecular weight is 264 g/mol. The van der Waals surface area contributed by atoms with Crippen molar-refractivity contribution in [2.45, 2.75) is 13.5 Å². The van der Waals surface area contributed by atoms with Crippen molar-refractivity contribution in [2.75, 3.05) is 5.73 Å². The van der Waals surface area contributed by atoms with Crippen LogP contribution in [-0.4, -0.2) is 4.98 Å². The van der Waals surface area contributed by atoms with Crippen molar-refractivity contribution in [1.29, 1.82) is 0 Å². The molecule has 2 N–H and O–H groups in total. The van der Waals surface area contributed by atoms with Gasteiger partial charge in [-0.2, -0.15) is 0 Å². The summed E-state index contributed by atoms with van der Waals surface area (Å²) in [5.41, 5.74) is 9.76. The van der Waals surface area contributed by atoms with E-state index in [-0.39, 0.29) is 0 Å². The van der Waals surface area contributed by atoms with Crippen molar-refractivity contribution in [3.05, 3.63) is 65.9 Å². The minimum absolute atomic E-state index is 0.500. The summed E-state index contributed by atoms with van der Waals surface area (Å²) < 4.78 is 5.86. The first-order valence-corrected chi connectivity index (χ1v) is 6.55. The molecule has 0 saturated carbocycles. The van der Waals surface area contributed by atoms with E-state index in [1.54, 1.807) is 6.20 Å². The minimum atomic E-state index is 0.500. The van der Waals surface area contributed by atoms with Crippen LogP contribution in [0.15, 0.2) is 54.7 Å². The predicted molar refractivity (Wildman–Crippen MR) is 81.7 cm³/mol. The highest BCUT2D eigenvalue weighted by molar-refractivity contribution is 5.78. The number of fused-ring (bicyclic) bond motifs is 1. The van der Waals surface area contributed by atoms with Gasteiger partial charge in [0.2, 0.25) is 0 Å². The van der Waals surface area contributed by atoms with E-state index in [0.29, 0.717) is 12.3 Å². The van der Waals surface area contributed by atoms with Crippen molar-refractivity contribution < 1.29 is 4.74 Å². The number of benzene rings is 2. The van der Waals surface area contributed by atoms with E-state index in [4.69, 9.17) is 10.5 Å². The molecule has 100 valence electrons. The molecule has 0 fully saturated rings.